The molecule has 1 unspecified atom stereocenters. The largest absolute Gasteiger partial charge is 0.493 e. The van der Waals surface area contributed by atoms with Crippen molar-refractivity contribution in [2.45, 2.75) is 26.3 Å². The Balaban J connectivity index is 2.11. The second kappa shape index (κ2) is 8.76. The predicted octanol–water partition coefficient (Wildman–Crippen LogP) is 2.69. The predicted molar refractivity (Wildman–Crippen MR) is 90.8 cm³/mol. The number of nitriles is 1. The summed E-state index contributed by atoms with van der Waals surface area (Å²) in [5, 5.41) is 9.66. The van der Waals surface area contributed by atoms with Crippen LogP contribution in [0.1, 0.15) is 31.9 Å². The van der Waals surface area contributed by atoms with Crippen LogP contribution in [0.2, 0.25) is 0 Å². The first kappa shape index (κ1) is 17.6. The smallest absolute Gasteiger partial charge is 0.161 e. The first-order valence-corrected chi connectivity index (χ1v) is 8.40. The van der Waals surface area contributed by atoms with Crippen LogP contribution in [0.25, 0.3) is 0 Å². The van der Waals surface area contributed by atoms with Crippen LogP contribution in [0, 0.1) is 11.3 Å². The summed E-state index contributed by atoms with van der Waals surface area (Å²) in [6.45, 7) is 9.79. The molecular formula is C18H27N3O2. The maximum Gasteiger partial charge on any atom is 0.161 e. The summed E-state index contributed by atoms with van der Waals surface area (Å²) in [4.78, 5) is 4.71. The molecule has 0 saturated carbocycles. The van der Waals surface area contributed by atoms with E-state index in [1.807, 2.05) is 25.1 Å². The van der Waals surface area contributed by atoms with E-state index in [0.717, 1.165) is 44.0 Å². The first-order valence-electron chi connectivity index (χ1n) is 8.40. The van der Waals surface area contributed by atoms with Gasteiger partial charge in [-0.05, 0) is 37.6 Å². The molecule has 0 amide bonds. The van der Waals surface area contributed by atoms with Crippen molar-refractivity contribution >= 4 is 0 Å². The van der Waals surface area contributed by atoms with Gasteiger partial charge in [-0.1, -0.05) is 13.0 Å². The van der Waals surface area contributed by atoms with E-state index in [-0.39, 0.29) is 6.04 Å². The van der Waals surface area contributed by atoms with Crippen molar-refractivity contribution in [3.63, 3.8) is 0 Å². The Morgan fingerprint density at radius 3 is 2.48 bits per heavy atom. The van der Waals surface area contributed by atoms with Gasteiger partial charge in [0.25, 0.3) is 0 Å². The summed E-state index contributed by atoms with van der Waals surface area (Å²) in [6.07, 6.45) is 1.18. The maximum absolute atomic E-state index is 9.66. The molecule has 126 valence electrons. The van der Waals surface area contributed by atoms with E-state index in [2.05, 4.69) is 22.8 Å². The van der Waals surface area contributed by atoms with E-state index < -0.39 is 0 Å². The highest BCUT2D eigenvalue weighted by atomic mass is 16.5. The van der Waals surface area contributed by atoms with E-state index in [1.54, 1.807) is 7.11 Å². The van der Waals surface area contributed by atoms with Crippen LogP contribution < -0.4 is 9.47 Å². The zero-order valence-corrected chi connectivity index (χ0v) is 14.4. The number of nitrogens with zero attached hydrogens (tertiary/aromatic N) is 3. The lowest BCUT2D eigenvalue weighted by Gasteiger charge is -2.37. The lowest BCUT2D eigenvalue weighted by molar-refractivity contribution is 0.114. The average Bonchev–Trinajstić information content (AvgIpc) is 2.58. The van der Waals surface area contributed by atoms with Crippen molar-refractivity contribution in [1.29, 1.82) is 5.26 Å². The fourth-order valence-corrected chi connectivity index (χ4v) is 3.06. The van der Waals surface area contributed by atoms with Gasteiger partial charge in [0, 0.05) is 26.2 Å². The van der Waals surface area contributed by atoms with Crippen LogP contribution in [0.5, 0.6) is 11.5 Å². The van der Waals surface area contributed by atoms with Gasteiger partial charge in [0.05, 0.1) is 19.8 Å². The summed E-state index contributed by atoms with van der Waals surface area (Å²) in [6, 6.07) is 8.01. The number of rotatable bonds is 7. The van der Waals surface area contributed by atoms with Gasteiger partial charge in [0.1, 0.15) is 6.04 Å². The number of benzene rings is 1. The van der Waals surface area contributed by atoms with Gasteiger partial charge < -0.3 is 14.4 Å². The standard InChI is InChI=1S/C18H27N3O2/c1-4-8-20-9-11-21(12-10-20)16(14-19)15-6-7-17(23-5-2)18(13-15)22-3/h6-7,13,16H,4-5,8-12H2,1-3H3. The molecule has 1 heterocycles. The molecule has 0 radical (unpaired) electrons. The molecule has 1 aromatic carbocycles. The van der Waals surface area contributed by atoms with Crippen LogP contribution in [-0.2, 0) is 0 Å². The van der Waals surface area contributed by atoms with Crippen LogP contribution in [0.15, 0.2) is 18.2 Å². The fraction of sp³-hybridized carbons (Fsp3) is 0.611. The third kappa shape index (κ3) is 4.37. The van der Waals surface area contributed by atoms with Crippen LogP contribution in [0.4, 0.5) is 0 Å². The summed E-state index contributed by atoms with van der Waals surface area (Å²) < 4.78 is 11.0. The highest BCUT2D eigenvalue weighted by molar-refractivity contribution is 5.45. The molecule has 1 saturated heterocycles. The van der Waals surface area contributed by atoms with E-state index in [1.165, 1.54) is 6.42 Å². The normalized spacial score (nSPS) is 17.5. The molecule has 0 bridgehead atoms. The minimum absolute atomic E-state index is 0.233. The van der Waals surface area contributed by atoms with Crippen LogP contribution in [0.3, 0.4) is 0 Å². The van der Waals surface area contributed by atoms with Crippen molar-refractivity contribution in [2.24, 2.45) is 0 Å². The van der Waals surface area contributed by atoms with Crippen molar-refractivity contribution in [1.82, 2.24) is 9.80 Å². The number of hydrogen-bond donors (Lipinski definition) is 0. The molecule has 5 heteroatoms. The molecule has 0 spiro atoms. The zero-order valence-electron chi connectivity index (χ0n) is 14.4. The Bertz CT molecular complexity index is 534. The molecule has 1 aliphatic heterocycles. The molecule has 2 rings (SSSR count). The molecule has 0 aromatic heterocycles. The monoisotopic (exact) mass is 317 g/mol. The molecule has 1 aromatic rings. The third-order valence-corrected chi connectivity index (χ3v) is 4.24. The lowest BCUT2D eigenvalue weighted by Crippen LogP contribution is -2.47. The first-order chi connectivity index (χ1) is 11.2. The van der Waals surface area contributed by atoms with Gasteiger partial charge in [0.15, 0.2) is 11.5 Å². The maximum atomic E-state index is 9.66. The van der Waals surface area contributed by atoms with Gasteiger partial charge in [0.2, 0.25) is 0 Å². The summed E-state index contributed by atoms with van der Waals surface area (Å²) >= 11 is 0. The topological polar surface area (TPSA) is 48.7 Å². The van der Waals surface area contributed by atoms with Gasteiger partial charge in [-0.2, -0.15) is 5.26 Å². The zero-order chi connectivity index (χ0) is 16.7. The van der Waals surface area contributed by atoms with Gasteiger partial charge >= 0.3 is 0 Å². The SMILES string of the molecule is CCCN1CCN(C(C#N)c2ccc(OCC)c(OC)c2)CC1. The molecule has 5 nitrogen and oxygen atoms in total. The van der Waals surface area contributed by atoms with Gasteiger partial charge in [-0.25, -0.2) is 0 Å². The second-order valence-corrected chi connectivity index (χ2v) is 5.75. The minimum Gasteiger partial charge on any atom is -0.493 e. The molecule has 23 heavy (non-hydrogen) atoms. The Morgan fingerprint density at radius 1 is 1.17 bits per heavy atom. The lowest BCUT2D eigenvalue weighted by atomic mass is 10.0. The van der Waals surface area contributed by atoms with Crippen LogP contribution >= 0.6 is 0 Å². The molecule has 0 aliphatic carbocycles. The Kier molecular flexibility index (Phi) is 6.69. The van der Waals surface area contributed by atoms with Crippen LogP contribution in [-0.4, -0.2) is 56.2 Å². The number of methoxy groups -OCH3 is 1. The minimum atomic E-state index is -0.233. The summed E-state index contributed by atoms with van der Waals surface area (Å²) in [7, 11) is 1.63. The highest BCUT2D eigenvalue weighted by Crippen LogP contribution is 2.32. The Hall–Kier alpha value is -1.77. The van der Waals surface area contributed by atoms with E-state index in [0.29, 0.717) is 12.4 Å². The fourth-order valence-electron chi connectivity index (χ4n) is 3.06. The molecule has 1 fully saturated rings. The third-order valence-electron chi connectivity index (χ3n) is 4.24. The van der Waals surface area contributed by atoms with Gasteiger partial charge in [-0.3, -0.25) is 4.90 Å². The summed E-state index contributed by atoms with van der Waals surface area (Å²) in [5.74, 6) is 1.41. The molecular weight excluding hydrogens is 290 g/mol. The second-order valence-electron chi connectivity index (χ2n) is 5.75. The summed E-state index contributed by atoms with van der Waals surface area (Å²) in [5.41, 5.74) is 0.969. The van der Waals surface area contributed by atoms with Crippen molar-refractivity contribution < 1.29 is 9.47 Å². The van der Waals surface area contributed by atoms with E-state index in [4.69, 9.17) is 9.47 Å². The average molecular weight is 317 g/mol. The van der Waals surface area contributed by atoms with Crippen molar-refractivity contribution in [2.75, 3.05) is 46.4 Å². The number of ether oxygens (including phenoxy) is 2. The number of piperazine rings is 1. The Labute approximate surface area is 139 Å². The quantitative estimate of drug-likeness (QED) is 0.774. The van der Waals surface area contributed by atoms with Gasteiger partial charge in [-0.15, -0.1) is 0 Å². The highest BCUT2D eigenvalue weighted by Gasteiger charge is 2.25. The van der Waals surface area contributed by atoms with E-state index >= 15 is 0 Å². The molecule has 1 atom stereocenters. The van der Waals surface area contributed by atoms with Crippen molar-refractivity contribution in [3.05, 3.63) is 23.8 Å². The molecule has 0 N–H and O–H groups in total. The molecule has 1 aliphatic rings. The number of hydrogen-bond acceptors (Lipinski definition) is 5. The van der Waals surface area contributed by atoms with Crippen molar-refractivity contribution in [3.8, 4) is 17.6 Å². The van der Waals surface area contributed by atoms with E-state index in [9.17, 15) is 5.26 Å². The Morgan fingerprint density at radius 2 is 1.91 bits per heavy atom.